The van der Waals surface area contributed by atoms with Gasteiger partial charge in [-0.1, -0.05) is 18.2 Å². The molecule has 0 bridgehead atoms. The van der Waals surface area contributed by atoms with Gasteiger partial charge < -0.3 is 15.2 Å². The molecule has 1 aromatic carbocycles. The van der Waals surface area contributed by atoms with Crippen LogP contribution >= 0.6 is 0 Å². The van der Waals surface area contributed by atoms with E-state index in [1.165, 1.54) is 19.1 Å². The molecule has 1 amide bonds. The van der Waals surface area contributed by atoms with Gasteiger partial charge in [-0.15, -0.1) is 0 Å². The van der Waals surface area contributed by atoms with Crippen molar-refractivity contribution in [3.8, 4) is 0 Å². The zero-order chi connectivity index (χ0) is 13.5. The van der Waals surface area contributed by atoms with E-state index in [1.54, 1.807) is 18.2 Å². The topological polar surface area (TPSA) is 92.7 Å². The van der Waals surface area contributed by atoms with Crippen molar-refractivity contribution in [3.05, 3.63) is 35.9 Å². The molecule has 0 fully saturated rings. The third kappa shape index (κ3) is 4.65. The van der Waals surface area contributed by atoms with Gasteiger partial charge in [0.1, 0.15) is 0 Å². The Morgan fingerprint density at radius 3 is 2.44 bits per heavy atom. The van der Waals surface area contributed by atoms with Gasteiger partial charge in [-0.2, -0.15) is 0 Å². The molecular formula is C12H13NO5. The molecule has 0 aliphatic carbocycles. The highest BCUT2D eigenvalue weighted by Gasteiger charge is 2.15. The van der Waals surface area contributed by atoms with E-state index in [2.05, 4.69) is 10.1 Å². The van der Waals surface area contributed by atoms with Gasteiger partial charge in [0.15, 0.2) is 0 Å². The lowest BCUT2D eigenvalue weighted by atomic mass is 10.2. The second-order valence-corrected chi connectivity index (χ2v) is 3.69. The van der Waals surface area contributed by atoms with Gasteiger partial charge in [0.25, 0.3) is 0 Å². The van der Waals surface area contributed by atoms with Crippen LogP contribution in [0.3, 0.4) is 0 Å². The number of esters is 1. The first-order valence-corrected chi connectivity index (χ1v) is 5.28. The fourth-order valence-corrected chi connectivity index (χ4v) is 1.26. The van der Waals surface area contributed by atoms with Gasteiger partial charge in [0.05, 0.1) is 12.0 Å². The van der Waals surface area contributed by atoms with E-state index in [-0.39, 0.29) is 12.0 Å². The summed E-state index contributed by atoms with van der Waals surface area (Å²) in [4.78, 5) is 33.1. The summed E-state index contributed by atoms with van der Waals surface area (Å²) < 4.78 is 4.51. The molecule has 6 heteroatoms. The minimum atomic E-state index is -1.04. The normalized spacial score (nSPS) is 11.4. The summed E-state index contributed by atoms with van der Waals surface area (Å²) in [5, 5.41) is 10.7. The maximum atomic E-state index is 11.5. The van der Waals surface area contributed by atoms with Crippen LogP contribution in [0.2, 0.25) is 0 Å². The molecule has 0 radical (unpaired) electrons. The molecule has 1 atom stereocenters. The molecule has 1 rings (SSSR count). The molecule has 0 aromatic heterocycles. The Morgan fingerprint density at radius 1 is 1.28 bits per heavy atom. The number of carboxylic acids is 1. The third-order valence-corrected chi connectivity index (χ3v) is 2.04. The van der Waals surface area contributed by atoms with Crippen LogP contribution < -0.4 is 5.32 Å². The molecule has 96 valence electrons. The number of rotatable bonds is 4. The lowest BCUT2D eigenvalue weighted by Crippen LogP contribution is -2.35. The number of hydrogen-bond donors (Lipinski definition) is 2. The zero-order valence-corrected chi connectivity index (χ0v) is 9.75. The molecule has 0 unspecified atom stereocenters. The highest BCUT2D eigenvalue weighted by atomic mass is 16.6. The van der Waals surface area contributed by atoms with Gasteiger partial charge in [-0.25, -0.2) is 9.59 Å². The van der Waals surface area contributed by atoms with E-state index in [4.69, 9.17) is 5.11 Å². The Morgan fingerprint density at radius 2 is 1.89 bits per heavy atom. The molecule has 0 spiro atoms. The Kier molecular flexibility index (Phi) is 4.86. The smallest absolute Gasteiger partial charge is 0.415 e. The zero-order valence-electron chi connectivity index (χ0n) is 9.75. The van der Waals surface area contributed by atoms with Crippen molar-refractivity contribution in [2.75, 3.05) is 0 Å². The summed E-state index contributed by atoms with van der Waals surface area (Å²) in [6.45, 7) is 1.50. The fourth-order valence-electron chi connectivity index (χ4n) is 1.26. The van der Waals surface area contributed by atoms with Crippen molar-refractivity contribution in [3.63, 3.8) is 0 Å². The second kappa shape index (κ2) is 6.39. The molecule has 6 nitrogen and oxygen atoms in total. The Labute approximate surface area is 104 Å². The fraction of sp³-hybridized carbons (Fsp3) is 0.250. The predicted octanol–water partition coefficient (Wildman–Crippen LogP) is 1.42. The number of aliphatic carboxylic acids is 1. The lowest BCUT2D eigenvalue weighted by Gasteiger charge is -2.10. The third-order valence-electron chi connectivity index (χ3n) is 2.04. The predicted molar refractivity (Wildman–Crippen MR) is 62.1 cm³/mol. The molecule has 0 aliphatic heterocycles. The van der Waals surface area contributed by atoms with E-state index >= 15 is 0 Å². The van der Waals surface area contributed by atoms with Crippen LogP contribution in [0, 0.1) is 0 Å². The number of carboxylic acid groups (broad SMARTS) is 1. The van der Waals surface area contributed by atoms with Gasteiger partial charge >= 0.3 is 18.0 Å². The van der Waals surface area contributed by atoms with Crippen molar-refractivity contribution in [2.45, 2.75) is 19.4 Å². The van der Waals surface area contributed by atoms with Gasteiger partial charge in [0, 0.05) is 6.04 Å². The van der Waals surface area contributed by atoms with Crippen molar-refractivity contribution >= 4 is 18.0 Å². The standard InChI is InChI=1S/C12H13NO5/c1-8(7-10(14)15)13-12(17)18-11(16)9-5-3-2-4-6-9/h2-6,8H,7H2,1H3,(H,13,17)(H,14,15)/t8-/m0/s1. The number of alkyl carbamates (subject to hydrolysis) is 1. The minimum absolute atomic E-state index is 0.241. The number of carbonyl (C=O) groups excluding carboxylic acids is 2. The monoisotopic (exact) mass is 251 g/mol. The molecule has 0 heterocycles. The van der Waals surface area contributed by atoms with E-state index < -0.39 is 24.1 Å². The van der Waals surface area contributed by atoms with E-state index in [0.717, 1.165) is 0 Å². The molecular weight excluding hydrogens is 238 g/mol. The summed E-state index contributed by atoms with van der Waals surface area (Å²) >= 11 is 0. The molecule has 2 N–H and O–H groups in total. The highest BCUT2D eigenvalue weighted by Crippen LogP contribution is 2.01. The SMILES string of the molecule is C[C@@H](CC(=O)O)NC(=O)OC(=O)c1ccccc1. The first kappa shape index (κ1) is 13.7. The molecule has 0 aliphatic rings. The average Bonchev–Trinajstić information content (AvgIpc) is 2.28. The van der Waals surface area contributed by atoms with E-state index in [0.29, 0.717) is 0 Å². The molecule has 1 aromatic rings. The second-order valence-electron chi connectivity index (χ2n) is 3.69. The van der Waals surface area contributed by atoms with Gasteiger partial charge in [0.2, 0.25) is 0 Å². The van der Waals surface area contributed by atoms with Crippen LogP contribution in [0.1, 0.15) is 23.7 Å². The van der Waals surface area contributed by atoms with Crippen LogP contribution in [-0.4, -0.2) is 29.2 Å². The first-order valence-electron chi connectivity index (χ1n) is 5.28. The van der Waals surface area contributed by atoms with E-state index in [9.17, 15) is 14.4 Å². The lowest BCUT2D eigenvalue weighted by molar-refractivity contribution is -0.137. The number of amides is 1. The van der Waals surface area contributed by atoms with Crippen LogP contribution in [-0.2, 0) is 9.53 Å². The Balaban J connectivity index is 2.46. The minimum Gasteiger partial charge on any atom is -0.481 e. The maximum absolute atomic E-state index is 11.5. The first-order chi connectivity index (χ1) is 8.49. The summed E-state index contributed by atoms with van der Waals surface area (Å²) in [6, 6.07) is 7.42. The van der Waals surface area contributed by atoms with Crippen LogP contribution in [0.25, 0.3) is 0 Å². The van der Waals surface area contributed by atoms with Crippen LogP contribution in [0.15, 0.2) is 30.3 Å². The average molecular weight is 251 g/mol. The molecule has 18 heavy (non-hydrogen) atoms. The summed E-state index contributed by atoms with van der Waals surface area (Å²) in [6.07, 6.45) is -1.20. The van der Waals surface area contributed by atoms with Crippen LogP contribution in [0.5, 0.6) is 0 Å². The summed E-state index contributed by atoms with van der Waals surface area (Å²) in [5.74, 6) is -1.83. The van der Waals surface area contributed by atoms with Crippen molar-refractivity contribution in [1.29, 1.82) is 0 Å². The van der Waals surface area contributed by atoms with Gasteiger partial charge in [-0.05, 0) is 19.1 Å². The van der Waals surface area contributed by atoms with Gasteiger partial charge in [-0.3, -0.25) is 4.79 Å². The summed E-state index contributed by atoms with van der Waals surface area (Å²) in [5.41, 5.74) is 0.249. The Hall–Kier alpha value is -2.37. The molecule has 0 saturated carbocycles. The van der Waals surface area contributed by atoms with E-state index in [1.807, 2.05) is 0 Å². The number of ether oxygens (including phenoxy) is 1. The van der Waals surface area contributed by atoms with Crippen molar-refractivity contribution in [1.82, 2.24) is 5.32 Å². The summed E-state index contributed by atoms with van der Waals surface area (Å²) in [7, 11) is 0. The van der Waals surface area contributed by atoms with Crippen LogP contribution in [0.4, 0.5) is 4.79 Å². The number of benzene rings is 1. The number of carbonyl (C=O) groups is 3. The van der Waals surface area contributed by atoms with Crippen molar-refractivity contribution in [2.24, 2.45) is 0 Å². The molecule has 0 saturated heterocycles. The largest absolute Gasteiger partial charge is 0.481 e. The number of hydrogen-bond acceptors (Lipinski definition) is 4. The van der Waals surface area contributed by atoms with Crippen molar-refractivity contribution < 1.29 is 24.2 Å². The maximum Gasteiger partial charge on any atom is 0.415 e. The Bertz CT molecular complexity index is 443. The highest BCUT2D eigenvalue weighted by molar-refractivity contribution is 5.96. The quantitative estimate of drug-likeness (QED) is 0.623. The number of nitrogens with one attached hydrogen (secondary N) is 1.